The normalized spacial score (nSPS) is 20.9. The summed E-state index contributed by atoms with van der Waals surface area (Å²) in [7, 11) is 2.15. The molecule has 0 saturated carbocycles. The van der Waals surface area contributed by atoms with Gasteiger partial charge in [0.05, 0.1) is 6.61 Å². The average molecular weight is 243 g/mol. The summed E-state index contributed by atoms with van der Waals surface area (Å²) in [6.45, 7) is 7.49. The molecule has 1 unspecified atom stereocenters. The molecule has 1 aliphatic rings. The summed E-state index contributed by atoms with van der Waals surface area (Å²) in [5.74, 6) is -0.278. The van der Waals surface area contributed by atoms with Crippen LogP contribution in [-0.4, -0.2) is 68.2 Å². The molecule has 0 aliphatic carbocycles. The summed E-state index contributed by atoms with van der Waals surface area (Å²) in [4.78, 5) is 16.1. The Balaban J connectivity index is 2.22. The van der Waals surface area contributed by atoms with Crippen LogP contribution in [0.2, 0.25) is 0 Å². The predicted molar refractivity (Wildman–Crippen MR) is 67.8 cm³/mol. The van der Waals surface area contributed by atoms with Gasteiger partial charge >= 0.3 is 5.97 Å². The predicted octanol–water partition coefficient (Wildman–Crippen LogP) is -0.0956. The minimum atomic E-state index is -0.476. The van der Waals surface area contributed by atoms with Gasteiger partial charge in [-0.2, -0.15) is 0 Å². The Morgan fingerprint density at radius 3 is 2.82 bits per heavy atom. The van der Waals surface area contributed by atoms with E-state index < -0.39 is 6.04 Å². The zero-order chi connectivity index (χ0) is 12.7. The molecular formula is C12H25N3O2. The molecule has 0 bridgehead atoms. The molecule has 1 aliphatic heterocycles. The number of likely N-dealkylation sites (N-methyl/N-ethyl adjacent to an activating group) is 1. The van der Waals surface area contributed by atoms with Crippen LogP contribution in [0.5, 0.6) is 0 Å². The van der Waals surface area contributed by atoms with Crippen molar-refractivity contribution in [1.82, 2.24) is 9.80 Å². The van der Waals surface area contributed by atoms with Crippen LogP contribution in [0.4, 0.5) is 0 Å². The highest BCUT2D eigenvalue weighted by molar-refractivity contribution is 5.75. The Kier molecular flexibility index (Phi) is 6.47. The maximum atomic E-state index is 11.4. The van der Waals surface area contributed by atoms with Gasteiger partial charge in [0.25, 0.3) is 0 Å². The number of ether oxygens (including phenoxy) is 1. The van der Waals surface area contributed by atoms with Crippen LogP contribution < -0.4 is 5.73 Å². The number of carbonyl (C=O) groups excluding carboxylic acids is 1. The van der Waals surface area contributed by atoms with Crippen molar-refractivity contribution in [2.45, 2.75) is 25.8 Å². The monoisotopic (exact) mass is 243 g/mol. The summed E-state index contributed by atoms with van der Waals surface area (Å²) >= 11 is 0. The number of rotatable bonds is 5. The topological polar surface area (TPSA) is 58.8 Å². The van der Waals surface area contributed by atoms with Crippen LogP contribution in [0.15, 0.2) is 0 Å². The van der Waals surface area contributed by atoms with Crippen LogP contribution in [-0.2, 0) is 9.53 Å². The number of hydrogen-bond acceptors (Lipinski definition) is 5. The van der Waals surface area contributed by atoms with Gasteiger partial charge in [0, 0.05) is 19.6 Å². The molecule has 1 saturated heterocycles. The van der Waals surface area contributed by atoms with E-state index >= 15 is 0 Å². The van der Waals surface area contributed by atoms with E-state index in [0.29, 0.717) is 13.0 Å². The summed E-state index contributed by atoms with van der Waals surface area (Å²) in [5.41, 5.74) is 5.78. The van der Waals surface area contributed by atoms with E-state index in [9.17, 15) is 4.79 Å². The average Bonchev–Trinajstić information content (AvgIpc) is 2.51. The van der Waals surface area contributed by atoms with Crippen molar-refractivity contribution in [3.05, 3.63) is 0 Å². The number of nitrogens with zero attached hydrogens (tertiary/aromatic N) is 2. The first-order chi connectivity index (χ1) is 8.13. The Bertz CT molecular complexity index is 236. The molecule has 0 aromatic heterocycles. The summed E-state index contributed by atoms with van der Waals surface area (Å²) in [6, 6.07) is -0.476. The lowest BCUT2D eigenvalue weighted by Crippen LogP contribution is -2.38. The smallest absolute Gasteiger partial charge is 0.322 e. The van der Waals surface area contributed by atoms with Crippen molar-refractivity contribution < 1.29 is 9.53 Å². The molecule has 1 fully saturated rings. The maximum Gasteiger partial charge on any atom is 0.322 e. The van der Waals surface area contributed by atoms with Crippen LogP contribution in [0.25, 0.3) is 0 Å². The Hall–Kier alpha value is -0.650. The lowest BCUT2D eigenvalue weighted by Gasteiger charge is -2.21. The SMILES string of the molecule is CCOC(=O)C(N)CCN1CCCN(C)CC1. The molecule has 0 aromatic rings. The van der Waals surface area contributed by atoms with Crippen LogP contribution in [0, 0.1) is 0 Å². The van der Waals surface area contributed by atoms with Gasteiger partial charge in [-0.15, -0.1) is 0 Å². The van der Waals surface area contributed by atoms with Crippen molar-refractivity contribution in [3.8, 4) is 0 Å². The zero-order valence-electron chi connectivity index (χ0n) is 11.0. The summed E-state index contributed by atoms with van der Waals surface area (Å²) in [5, 5.41) is 0. The van der Waals surface area contributed by atoms with Gasteiger partial charge < -0.3 is 20.3 Å². The minimum Gasteiger partial charge on any atom is -0.465 e. The van der Waals surface area contributed by atoms with Crippen LogP contribution in [0.1, 0.15) is 19.8 Å². The Labute approximate surface area is 104 Å². The van der Waals surface area contributed by atoms with Crippen molar-refractivity contribution in [2.75, 3.05) is 46.4 Å². The molecule has 1 atom stereocenters. The van der Waals surface area contributed by atoms with Gasteiger partial charge in [-0.1, -0.05) is 0 Å². The molecule has 17 heavy (non-hydrogen) atoms. The fourth-order valence-electron chi connectivity index (χ4n) is 2.01. The second-order valence-electron chi connectivity index (χ2n) is 4.65. The second-order valence-corrected chi connectivity index (χ2v) is 4.65. The highest BCUT2D eigenvalue weighted by Crippen LogP contribution is 2.03. The highest BCUT2D eigenvalue weighted by atomic mass is 16.5. The molecule has 5 nitrogen and oxygen atoms in total. The molecule has 0 aromatic carbocycles. The number of carbonyl (C=O) groups is 1. The van der Waals surface area contributed by atoms with Gasteiger partial charge in [-0.3, -0.25) is 4.79 Å². The largest absolute Gasteiger partial charge is 0.465 e. The van der Waals surface area contributed by atoms with E-state index in [1.165, 1.54) is 6.42 Å². The van der Waals surface area contributed by atoms with Gasteiger partial charge in [-0.25, -0.2) is 0 Å². The van der Waals surface area contributed by atoms with Gasteiger partial charge in [0.15, 0.2) is 0 Å². The van der Waals surface area contributed by atoms with Crippen LogP contribution in [0.3, 0.4) is 0 Å². The maximum absolute atomic E-state index is 11.4. The molecule has 100 valence electrons. The third-order valence-electron chi connectivity index (χ3n) is 3.16. The molecule has 1 rings (SSSR count). The van der Waals surface area contributed by atoms with E-state index in [1.54, 1.807) is 6.92 Å². The van der Waals surface area contributed by atoms with Gasteiger partial charge in [0.1, 0.15) is 6.04 Å². The van der Waals surface area contributed by atoms with E-state index in [0.717, 1.165) is 32.7 Å². The summed E-state index contributed by atoms with van der Waals surface area (Å²) in [6.07, 6.45) is 1.87. The van der Waals surface area contributed by atoms with E-state index in [2.05, 4.69) is 16.8 Å². The van der Waals surface area contributed by atoms with Crippen molar-refractivity contribution in [3.63, 3.8) is 0 Å². The van der Waals surface area contributed by atoms with Crippen molar-refractivity contribution >= 4 is 5.97 Å². The quantitative estimate of drug-likeness (QED) is 0.684. The third kappa shape index (κ3) is 5.48. The Morgan fingerprint density at radius 1 is 1.35 bits per heavy atom. The van der Waals surface area contributed by atoms with Crippen molar-refractivity contribution in [1.29, 1.82) is 0 Å². The fourth-order valence-corrected chi connectivity index (χ4v) is 2.01. The second kappa shape index (κ2) is 7.63. The molecule has 2 N–H and O–H groups in total. The minimum absolute atomic E-state index is 0.278. The molecular weight excluding hydrogens is 218 g/mol. The highest BCUT2D eigenvalue weighted by Gasteiger charge is 2.17. The molecule has 0 radical (unpaired) electrons. The number of nitrogens with two attached hydrogens (primary N) is 1. The first-order valence-electron chi connectivity index (χ1n) is 6.46. The van der Waals surface area contributed by atoms with E-state index in [1.807, 2.05) is 0 Å². The van der Waals surface area contributed by atoms with Crippen molar-refractivity contribution in [2.24, 2.45) is 5.73 Å². The Morgan fingerprint density at radius 2 is 2.12 bits per heavy atom. The molecule has 0 spiro atoms. The number of hydrogen-bond donors (Lipinski definition) is 1. The molecule has 1 heterocycles. The summed E-state index contributed by atoms with van der Waals surface area (Å²) < 4.78 is 4.89. The lowest BCUT2D eigenvalue weighted by molar-refractivity contribution is -0.144. The molecule has 5 heteroatoms. The van der Waals surface area contributed by atoms with Crippen LogP contribution >= 0.6 is 0 Å². The first kappa shape index (κ1) is 14.4. The molecule has 0 amide bonds. The first-order valence-corrected chi connectivity index (χ1v) is 6.46. The zero-order valence-corrected chi connectivity index (χ0v) is 11.0. The van der Waals surface area contributed by atoms with Gasteiger partial charge in [0.2, 0.25) is 0 Å². The van der Waals surface area contributed by atoms with E-state index in [-0.39, 0.29) is 5.97 Å². The fraction of sp³-hybridized carbons (Fsp3) is 0.917. The standard InChI is InChI=1S/C12H25N3O2/c1-3-17-12(16)11(13)5-8-15-7-4-6-14(2)9-10-15/h11H,3-10,13H2,1-2H3. The van der Waals surface area contributed by atoms with Gasteiger partial charge in [-0.05, 0) is 39.9 Å². The lowest BCUT2D eigenvalue weighted by atomic mass is 10.2. The number of esters is 1. The van der Waals surface area contributed by atoms with E-state index in [4.69, 9.17) is 10.5 Å². The third-order valence-corrected chi connectivity index (χ3v) is 3.16.